The number of halogens is 3. The second kappa shape index (κ2) is 9.11. The molecular weight excluding hydrogens is 514 g/mol. The molecule has 0 bridgehead atoms. The molecule has 0 fully saturated rings. The number of fused-ring (bicyclic) bond motifs is 1. The average Bonchev–Trinajstić information content (AvgIpc) is 2.95. The van der Waals surface area contributed by atoms with Gasteiger partial charge in [0.1, 0.15) is 0 Å². The Morgan fingerprint density at radius 2 is 1.83 bits per heavy atom. The fourth-order valence-corrected chi connectivity index (χ4v) is 4.66. The molecule has 1 aliphatic rings. The Labute approximate surface area is 195 Å². The minimum atomic E-state index is 0. The van der Waals surface area contributed by atoms with Gasteiger partial charge in [-0.2, -0.15) is 4.57 Å². The molecule has 0 N–H and O–H groups in total. The number of aryl methyl sites for hydroxylation is 2. The molecule has 0 saturated carbocycles. The lowest BCUT2D eigenvalue weighted by molar-refractivity contribution is -0.689. The average molecular weight is 536 g/mol. The summed E-state index contributed by atoms with van der Waals surface area (Å²) in [7, 11) is 0. The second-order valence-corrected chi connectivity index (χ2v) is 8.91. The van der Waals surface area contributed by atoms with Crippen LogP contribution in [0.5, 0.6) is 0 Å². The molecule has 3 aromatic rings. The van der Waals surface area contributed by atoms with E-state index in [0.29, 0.717) is 6.54 Å². The molecule has 0 aliphatic heterocycles. The van der Waals surface area contributed by atoms with Gasteiger partial charge in [-0.25, -0.2) is 0 Å². The number of hydrogen-bond donors (Lipinski definition) is 0. The first-order valence-electron chi connectivity index (χ1n) is 9.47. The van der Waals surface area contributed by atoms with E-state index >= 15 is 0 Å². The molecule has 5 heteroatoms. The van der Waals surface area contributed by atoms with Crippen LogP contribution in [0.15, 0.2) is 59.3 Å². The first-order valence-corrected chi connectivity index (χ1v) is 10.6. The van der Waals surface area contributed by atoms with Crippen molar-refractivity contribution in [2.45, 2.75) is 33.2 Å². The third kappa shape index (κ3) is 4.65. The van der Waals surface area contributed by atoms with Crippen molar-refractivity contribution in [2.75, 3.05) is 0 Å². The quantitative estimate of drug-likeness (QED) is 0.471. The van der Waals surface area contributed by atoms with E-state index in [1.165, 1.54) is 16.7 Å². The van der Waals surface area contributed by atoms with Gasteiger partial charge in [0.25, 0.3) is 0 Å². The van der Waals surface area contributed by atoms with Gasteiger partial charge in [-0.15, -0.1) is 0 Å². The van der Waals surface area contributed by atoms with Crippen LogP contribution in [0.25, 0.3) is 0 Å². The molecular formula is C24H22Br2ClNO. The monoisotopic (exact) mass is 533 g/mol. The van der Waals surface area contributed by atoms with Crippen LogP contribution in [0.4, 0.5) is 0 Å². The van der Waals surface area contributed by atoms with Crippen LogP contribution in [0.3, 0.4) is 0 Å². The summed E-state index contributed by atoms with van der Waals surface area (Å²) in [6.45, 7) is 4.89. The van der Waals surface area contributed by atoms with Crippen LogP contribution in [0.2, 0.25) is 5.02 Å². The number of carbonyl (C=O) groups is 1. The summed E-state index contributed by atoms with van der Waals surface area (Å²) >= 11 is 9.98. The lowest BCUT2D eigenvalue weighted by atomic mass is 9.96. The number of pyridine rings is 1. The van der Waals surface area contributed by atoms with Crippen LogP contribution >= 0.6 is 27.5 Å². The minimum Gasteiger partial charge on any atom is -1.00 e. The first kappa shape index (κ1) is 22.2. The van der Waals surface area contributed by atoms with E-state index in [4.69, 9.17) is 11.6 Å². The molecule has 29 heavy (non-hydrogen) atoms. The molecule has 0 saturated heterocycles. The minimum absolute atomic E-state index is 0. The van der Waals surface area contributed by atoms with Crippen LogP contribution in [0.1, 0.15) is 38.2 Å². The summed E-state index contributed by atoms with van der Waals surface area (Å²) in [4.78, 5) is 12.9. The predicted molar refractivity (Wildman–Crippen MR) is 116 cm³/mol. The third-order valence-corrected chi connectivity index (χ3v) is 6.74. The summed E-state index contributed by atoms with van der Waals surface area (Å²) in [5, 5.41) is 0.773. The second-order valence-electron chi connectivity index (χ2n) is 7.64. The Morgan fingerprint density at radius 1 is 1.10 bits per heavy atom. The van der Waals surface area contributed by atoms with Crippen LogP contribution in [0, 0.1) is 19.8 Å². The van der Waals surface area contributed by atoms with E-state index in [1.54, 1.807) is 0 Å². The SMILES string of the molecule is Cc1cc2c(cc1C)C(=O)C(Cc1cc[n+](Cc3ccccc3Cl)cc1Br)C2.[Br-]. The van der Waals surface area contributed by atoms with Crippen LogP contribution in [-0.4, -0.2) is 5.78 Å². The van der Waals surface area contributed by atoms with E-state index in [1.807, 2.05) is 24.3 Å². The molecule has 0 radical (unpaired) electrons. The van der Waals surface area contributed by atoms with Gasteiger partial charge in [0.2, 0.25) is 0 Å². The van der Waals surface area contributed by atoms with Crippen LogP contribution in [-0.2, 0) is 19.4 Å². The summed E-state index contributed by atoms with van der Waals surface area (Å²) in [6, 6.07) is 14.2. The third-order valence-electron chi connectivity index (χ3n) is 5.65. The number of rotatable bonds is 4. The standard InChI is InChI=1S/C24H22BrClNO.BrH/c1-15-9-19-12-20(24(28)21(19)10-16(15)2)11-17-7-8-27(14-22(17)25)13-18-5-3-4-6-23(18)26;/h3-10,14,20H,11-13H2,1-2H3;1H/q+1;/p-1. The molecule has 1 heterocycles. The van der Waals surface area contributed by atoms with Crippen molar-refractivity contribution in [2.24, 2.45) is 5.92 Å². The number of hydrogen-bond acceptors (Lipinski definition) is 1. The lowest BCUT2D eigenvalue weighted by Gasteiger charge is -2.09. The van der Waals surface area contributed by atoms with Crippen molar-refractivity contribution in [3.05, 3.63) is 97.7 Å². The smallest absolute Gasteiger partial charge is 0.183 e. The molecule has 2 nitrogen and oxygen atoms in total. The summed E-state index contributed by atoms with van der Waals surface area (Å²) in [5.41, 5.74) is 6.80. The van der Waals surface area contributed by atoms with E-state index in [0.717, 1.165) is 39.0 Å². The van der Waals surface area contributed by atoms with Gasteiger partial charge in [0.15, 0.2) is 24.7 Å². The number of aromatic nitrogens is 1. The van der Waals surface area contributed by atoms with Gasteiger partial charge in [-0.3, -0.25) is 4.79 Å². The van der Waals surface area contributed by atoms with Crippen molar-refractivity contribution in [1.29, 1.82) is 0 Å². The van der Waals surface area contributed by atoms with Gasteiger partial charge < -0.3 is 17.0 Å². The number of nitrogens with zero attached hydrogens (tertiary/aromatic N) is 1. The van der Waals surface area contributed by atoms with Crippen LogP contribution < -0.4 is 21.5 Å². The Balaban J connectivity index is 0.00000240. The highest BCUT2D eigenvalue weighted by Crippen LogP contribution is 2.32. The van der Waals surface area contributed by atoms with E-state index < -0.39 is 0 Å². The fraction of sp³-hybridized carbons (Fsp3) is 0.250. The zero-order valence-electron chi connectivity index (χ0n) is 16.4. The van der Waals surface area contributed by atoms with E-state index in [9.17, 15) is 4.79 Å². The largest absolute Gasteiger partial charge is 1.00 e. The van der Waals surface area contributed by atoms with E-state index in [2.05, 4.69) is 64.9 Å². The molecule has 4 rings (SSSR count). The number of ketones is 1. The molecule has 1 aromatic heterocycles. The zero-order valence-corrected chi connectivity index (χ0v) is 20.3. The fourth-order valence-electron chi connectivity index (χ4n) is 3.91. The molecule has 1 aliphatic carbocycles. The highest BCUT2D eigenvalue weighted by Gasteiger charge is 2.31. The Morgan fingerprint density at radius 3 is 2.55 bits per heavy atom. The highest BCUT2D eigenvalue weighted by atomic mass is 79.9. The summed E-state index contributed by atoms with van der Waals surface area (Å²) < 4.78 is 3.13. The molecule has 0 amide bonds. The van der Waals surface area contributed by atoms with Crippen molar-refractivity contribution in [1.82, 2.24) is 0 Å². The number of benzene rings is 2. The Bertz CT molecular complexity index is 1080. The van der Waals surface area contributed by atoms with E-state index in [-0.39, 0.29) is 28.7 Å². The predicted octanol–water partition coefficient (Wildman–Crippen LogP) is 2.66. The van der Waals surface area contributed by atoms with Gasteiger partial charge >= 0.3 is 0 Å². The lowest BCUT2D eigenvalue weighted by Crippen LogP contribution is -3.00. The normalized spacial score (nSPS) is 15.2. The van der Waals surface area contributed by atoms with Gasteiger partial charge in [-0.1, -0.05) is 35.9 Å². The summed E-state index contributed by atoms with van der Waals surface area (Å²) in [5.74, 6) is 0.296. The zero-order chi connectivity index (χ0) is 19.8. The maximum atomic E-state index is 12.9. The van der Waals surface area contributed by atoms with Crippen molar-refractivity contribution >= 4 is 33.3 Å². The first-order chi connectivity index (χ1) is 13.4. The molecule has 2 aromatic carbocycles. The van der Waals surface area contributed by atoms with Gasteiger partial charge in [0.05, 0.1) is 9.50 Å². The van der Waals surface area contributed by atoms with Crippen molar-refractivity contribution in [3.63, 3.8) is 0 Å². The Kier molecular flexibility index (Phi) is 6.98. The van der Waals surface area contributed by atoms with Crippen molar-refractivity contribution in [3.8, 4) is 0 Å². The Hall–Kier alpha value is -1.49. The molecule has 1 unspecified atom stereocenters. The van der Waals surface area contributed by atoms with Gasteiger partial charge in [0, 0.05) is 23.1 Å². The molecule has 150 valence electrons. The number of carbonyl (C=O) groups excluding carboxylic acids is 1. The van der Waals surface area contributed by atoms with Gasteiger partial charge in [-0.05, 0) is 77.0 Å². The maximum absolute atomic E-state index is 12.9. The topological polar surface area (TPSA) is 20.9 Å². The molecule has 1 atom stereocenters. The molecule has 0 spiro atoms. The highest BCUT2D eigenvalue weighted by molar-refractivity contribution is 9.10. The number of Topliss-reactive ketones (excluding diaryl/α,β-unsaturated/α-hetero) is 1. The maximum Gasteiger partial charge on any atom is 0.183 e. The summed E-state index contributed by atoms with van der Waals surface area (Å²) in [6.07, 6.45) is 5.71. The van der Waals surface area contributed by atoms with Crippen molar-refractivity contribution < 1.29 is 26.3 Å².